The van der Waals surface area contributed by atoms with Gasteiger partial charge in [0.15, 0.2) is 0 Å². The molecule has 0 spiro atoms. The number of ether oxygens (including phenoxy) is 1. The van der Waals surface area contributed by atoms with Crippen LogP contribution in [0.25, 0.3) is 17.0 Å². The number of hydrogen-bond acceptors (Lipinski definition) is 5. The summed E-state index contributed by atoms with van der Waals surface area (Å²) in [7, 11) is 0. The number of rotatable bonds is 7. The number of nitrogens with zero attached hydrogens (tertiary/aromatic N) is 2. The van der Waals surface area contributed by atoms with E-state index in [1.807, 2.05) is 43.3 Å². The van der Waals surface area contributed by atoms with Gasteiger partial charge in [0, 0.05) is 23.7 Å². The van der Waals surface area contributed by atoms with Crippen molar-refractivity contribution in [3.05, 3.63) is 117 Å². The number of aryl methyl sites for hydroxylation is 2. The highest BCUT2D eigenvalue weighted by Gasteiger charge is 2.33. The molecule has 1 N–H and O–H groups in total. The molecule has 0 atom stereocenters. The van der Waals surface area contributed by atoms with E-state index in [1.165, 1.54) is 28.4 Å². The molecule has 3 aromatic carbocycles. The summed E-state index contributed by atoms with van der Waals surface area (Å²) in [4.78, 5) is 18.1. The number of fused-ring (bicyclic) bond motifs is 1. The second kappa shape index (κ2) is 11.2. The van der Waals surface area contributed by atoms with Crippen molar-refractivity contribution in [3.63, 3.8) is 0 Å². The van der Waals surface area contributed by atoms with Gasteiger partial charge in [-0.2, -0.15) is 0 Å². The van der Waals surface area contributed by atoms with Crippen LogP contribution in [-0.4, -0.2) is 27.3 Å². The first kappa shape index (κ1) is 25.6. The van der Waals surface area contributed by atoms with Crippen molar-refractivity contribution in [2.75, 3.05) is 6.61 Å². The van der Waals surface area contributed by atoms with Crippen LogP contribution in [0, 0.1) is 6.92 Å². The van der Waals surface area contributed by atoms with Crippen LogP contribution in [0.2, 0.25) is 0 Å². The zero-order valence-electron chi connectivity index (χ0n) is 21.8. The van der Waals surface area contributed by atoms with Gasteiger partial charge in [0.25, 0.3) is 0 Å². The smallest absolute Gasteiger partial charge is 0.344 e. The number of thioether (sulfide) groups is 1. The van der Waals surface area contributed by atoms with Crippen molar-refractivity contribution >= 4 is 45.4 Å². The molecule has 0 unspecified atom stereocenters. The van der Waals surface area contributed by atoms with E-state index in [1.54, 1.807) is 6.92 Å². The summed E-state index contributed by atoms with van der Waals surface area (Å²) < 4.78 is 7.54. The van der Waals surface area contributed by atoms with Gasteiger partial charge in [0.1, 0.15) is 16.4 Å². The second-order valence-corrected chi connectivity index (χ2v) is 10.2. The van der Waals surface area contributed by atoms with Gasteiger partial charge in [-0.1, -0.05) is 84.9 Å². The number of aromatic nitrogens is 1. The lowest BCUT2D eigenvalue weighted by Crippen LogP contribution is -2.12. The van der Waals surface area contributed by atoms with Gasteiger partial charge in [-0.3, -0.25) is 0 Å². The summed E-state index contributed by atoms with van der Waals surface area (Å²) in [6, 6.07) is 24.4. The minimum absolute atomic E-state index is 0.102. The van der Waals surface area contributed by atoms with Gasteiger partial charge in [-0.25, -0.2) is 9.79 Å². The van der Waals surface area contributed by atoms with Crippen molar-refractivity contribution in [1.29, 1.82) is 0 Å². The summed E-state index contributed by atoms with van der Waals surface area (Å²) in [5.41, 5.74) is 6.56. The van der Waals surface area contributed by atoms with E-state index in [4.69, 9.17) is 9.73 Å². The molecule has 192 valence electrons. The van der Waals surface area contributed by atoms with Gasteiger partial charge in [-0.05, 0) is 49.6 Å². The lowest BCUT2D eigenvalue weighted by atomic mass is 10.1. The van der Waals surface area contributed by atoms with E-state index in [0.29, 0.717) is 15.6 Å². The molecule has 2 heterocycles. The maximum Gasteiger partial charge on any atom is 0.344 e. The predicted molar refractivity (Wildman–Crippen MR) is 157 cm³/mol. The Morgan fingerprint density at radius 2 is 1.79 bits per heavy atom. The van der Waals surface area contributed by atoms with Crippen LogP contribution in [-0.2, 0) is 22.5 Å². The number of benzene rings is 3. The Bertz CT molecular complexity index is 1580. The van der Waals surface area contributed by atoms with Crippen LogP contribution >= 0.6 is 11.8 Å². The third-order valence-electron chi connectivity index (χ3n) is 6.51. The first-order chi connectivity index (χ1) is 18.5. The van der Waals surface area contributed by atoms with Crippen LogP contribution in [0.3, 0.4) is 0 Å². The summed E-state index contributed by atoms with van der Waals surface area (Å²) in [5, 5.41) is 12.7. The van der Waals surface area contributed by atoms with Gasteiger partial charge < -0.3 is 14.4 Å². The number of aliphatic hydroxyl groups excluding tert-OH is 1. The zero-order valence-corrected chi connectivity index (χ0v) is 22.6. The molecule has 1 aliphatic rings. The molecular formula is C32H30N2O3S. The summed E-state index contributed by atoms with van der Waals surface area (Å²) in [6.45, 7) is 6.87. The molecule has 1 aromatic heterocycles. The van der Waals surface area contributed by atoms with Gasteiger partial charge >= 0.3 is 5.97 Å². The normalized spacial score (nSPS) is 15.7. The van der Waals surface area contributed by atoms with Crippen molar-refractivity contribution < 1.29 is 14.6 Å². The predicted octanol–water partition coefficient (Wildman–Crippen LogP) is 7.75. The molecule has 0 saturated heterocycles. The van der Waals surface area contributed by atoms with Crippen molar-refractivity contribution in [3.8, 4) is 0 Å². The quantitative estimate of drug-likeness (QED) is 0.252. The SMILES string of the molecule is CCOC(=O)C1=C(O)/C(=C/c2cn(Cc3ccccc3)c3c(CC)cccc23)SC1=Nc1ccc(C)cc1. The highest BCUT2D eigenvalue weighted by Crippen LogP contribution is 2.41. The van der Waals surface area contributed by atoms with Crippen LogP contribution in [0.15, 0.2) is 100 Å². The van der Waals surface area contributed by atoms with E-state index in [2.05, 4.69) is 60.2 Å². The molecule has 6 heteroatoms. The average molecular weight is 523 g/mol. The van der Waals surface area contributed by atoms with E-state index < -0.39 is 5.97 Å². The van der Waals surface area contributed by atoms with Crippen molar-refractivity contribution in [1.82, 2.24) is 4.57 Å². The molecule has 1 aliphatic heterocycles. The molecule has 0 radical (unpaired) electrons. The Kier molecular flexibility index (Phi) is 7.52. The van der Waals surface area contributed by atoms with Crippen LogP contribution in [0.5, 0.6) is 0 Å². The van der Waals surface area contributed by atoms with E-state index in [0.717, 1.165) is 29.5 Å². The van der Waals surface area contributed by atoms with E-state index >= 15 is 0 Å². The topological polar surface area (TPSA) is 63.8 Å². The Balaban J connectivity index is 1.61. The minimum atomic E-state index is -0.577. The van der Waals surface area contributed by atoms with Crippen LogP contribution < -0.4 is 0 Å². The summed E-state index contributed by atoms with van der Waals surface area (Å²) in [5.74, 6) is -0.679. The van der Waals surface area contributed by atoms with Crippen LogP contribution in [0.1, 0.15) is 36.1 Å². The number of hydrogen-bond donors (Lipinski definition) is 1. The standard InChI is InChI=1S/C32H30N2O3S/c1-4-23-12-9-13-26-24(20-34(29(23)26)19-22-10-7-6-8-11-22)18-27-30(35)28(32(36)37-5-2)31(38-27)33-25-16-14-21(3)15-17-25/h6-18,20,35H,4-5,19H2,1-3H3/b27-18-,33-31?. The first-order valence-corrected chi connectivity index (χ1v) is 13.6. The Labute approximate surface area is 227 Å². The molecule has 0 fully saturated rings. The van der Waals surface area contributed by atoms with Crippen LogP contribution in [0.4, 0.5) is 5.69 Å². The molecule has 5 nitrogen and oxygen atoms in total. The molecule has 38 heavy (non-hydrogen) atoms. The highest BCUT2D eigenvalue weighted by atomic mass is 32.2. The lowest BCUT2D eigenvalue weighted by Gasteiger charge is -2.08. The van der Waals surface area contributed by atoms with Crippen molar-refractivity contribution in [2.24, 2.45) is 4.99 Å². The van der Waals surface area contributed by atoms with E-state index in [-0.39, 0.29) is 17.9 Å². The Morgan fingerprint density at radius 3 is 2.50 bits per heavy atom. The number of carbonyl (C=O) groups is 1. The maximum atomic E-state index is 12.8. The largest absolute Gasteiger partial charge is 0.506 e. The number of carbonyl (C=O) groups excluding carboxylic acids is 1. The second-order valence-electron chi connectivity index (χ2n) is 9.17. The maximum absolute atomic E-state index is 12.8. The lowest BCUT2D eigenvalue weighted by molar-refractivity contribution is -0.138. The molecular weight excluding hydrogens is 492 g/mol. The number of esters is 1. The molecule has 0 amide bonds. The summed E-state index contributed by atoms with van der Waals surface area (Å²) >= 11 is 1.28. The van der Waals surface area contributed by atoms with Crippen molar-refractivity contribution in [2.45, 2.75) is 33.7 Å². The fourth-order valence-corrected chi connectivity index (χ4v) is 5.67. The van der Waals surface area contributed by atoms with E-state index in [9.17, 15) is 9.90 Å². The molecule has 0 bridgehead atoms. The number of para-hydroxylation sites is 1. The average Bonchev–Trinajstić information content (AvgIpc) is 3.42. The molecule has 5 rings (SSSR count). The number of aliphatic imine (C=N–C) groups is 1. The molecule has 0 aliphatic carbocycles. The third-order valence-corrected chi connectivity index (χ3v) is 7.53. The summed E-state index contributed by atoms with van der Waals surface area (Å²) in [6.07, 6.45) is 4.98. The zero-order chi connectivity index (χ0) is 26.6. The first-order valence-electron chi connectivity index (χ1n) is 12.8. The minimum Gasteiger partial charge on any atom is -0.506 e. The molecule has 4 aromatic rings. The Hall–Kier alpha value is -4.03. The fraction of sp³-hybridized carbons (Fsp3) is 0.188. The Morgan fingerprint density at radius 1 is 1.03 bits per heavy atom. The monoisotopic (exact) mass is 522 g/mol. The number of aliphatic hydroxyl groups is 1. The van der Waals surface area contributed by atoms with Gasteiger partial charge in [0.2, 0.25) is 0 Å². The van der Waals surface area contributed by atoms with Gasteiger partial charge in [-0.15, -0.1) is 0 Å². The third kappa shape index (κ3) is 5.18. The molecule has 0 saturated carbocycles. The highest BCUT2D eigenvalue weighted by molar-refractivity contribution is 8.18. The fourth-order valence-electron chi connectivity index (χ4n) is 4.64. The van der Waals surface area contributed by atoms with Gasteiger partial charge in [0.05, 0.1) is 22.7 Å².